The minimum atomic E-state index is 0.646. The first kappa shape index (κ1) is 13.7. The van der Waals surface area contributed by atoms with E-state index in [0.717, 1.165) is 30.2 Å². The Morgan fingerprint density at radius 3 is 2.81 bits per heavy atom. The highest BCUT2D eigenvalue weighted by atomic mass is 16.5. The summed E-state index contributed by atoms with van der Waals surface area (Å²) in [6, 6.07) is 9.93. The zero-order valence-corrected chi connectivity index (χ0v) is 12.2. The molecule has 0 aliphatic carbocycles. The third-order valence-electron chi connectivity index (χ3n) is 3.70. The number of aromatic nitrogens is 2. The molecule has 0 atom stereocenters. The zero-order chi connectivity index (χ0) is 14.5. The van der Waals surface area contributed by atoms with Crippen molar-refractivity contribution in [1.29, 1.82) is 0 Å². The fourth-order valence-electron chi connectivity index (χ4n) is 2.58. The molecule has 3 rings (SSSR count). The number of para-hydroxylation sites is 1. The summed E-state index contributed by atoms with van der Waals surface area (Å²) in [5.41, 5.74) is 1.09. The Hall–Kier alpha value is -2.30. The minimum absolute atomic E-state index is 0.646. The van der Waals surface area contributed by atoms with Gasteiger partial charge in [0, 0.05) is 31.4 Å². The van der Waals surface area contributed by atoms with Gasteiger partial charge in [0.1, 0.15) is 11.6 Å². The van der Waals surface area contributed by atoms with Crippen LogP contribution in [0.5, 0.6) is 5.75 Å². The Morgan fingerprint density at radius 1 is 1.19 bits per heavy atom. The van der Waals surface area contributed by atoms with Gasteiger partial charge in [-0.25, -0.2) is 4.98 Å². The molecule has 1 saturated heterocycles. The molecule has 110 valence electrons. The highest BCUT2D eigenvalue weighted by molar-refractivity contribution is 5.44. The first-order valence-electron chi connectivity index (χ1n) is 7.30. The first-order chi connectivity index (χ1) is 10.4. The predicted octanol–water partition coefficient (Wildman–Crippen LogP) is 2.70. The molecule has 0 bridgehead atoms. The molecule has 21 heavy (non-hydrogen) atoms. The number of nitrogens with zero attached hydrogens (tertiary/aromatic N) is 3. The summed E-state index contributed by atoms with van der Waals surface area (Å²) < 4.78 is 5.35. The Kier molecular flexibility index (Phi) is 4.19. The van der Waals surface area contributed by atoms with Crippen LogP contribution in [0.25, 0.3) is 0 Å². The molecule has 1 aliphatic rings. The Balaban J connectivity index is 1.69. The van der Waals surface area contributed by atoms with E-state index in [-0.39, 0.29) is 0 Å². The second-order valence-electron chi connectivity index (χ2n) is 5.10. The van der Waals surface area contributed by atoms with Gasteiger partial charge < -0.3 is 15.0 Å². The van der Waals surface area contributed by atoms with Crippen molar-refractivity contribution in [2.75, 3.05) is 30.4 Å². The van der Waals surface area contributed by atoms with Crippen molar-refractivity contribution < 1.29 is 4.74 Å². The van der Waals surface area contributed by atoms with Crippen molar-refractivity contribution in [3.63, 3.8) is 0 Å². The number of methoxy groups -OCH3 is 1. The molecule has 2 heterocycles. The van der Waals surface area contributed by atoms with E-state index < -0.39 is 0 Å². The van der Waals surface area contributed by atoms with Crippen molar-refractivity contribution in [3.05, 3.63) is 42.1 Å². The van der Waals surface area contributed by atoms with Gasteiger partial charge in [0.15, 0.2) is 0 Å². The number of benzene rings is 1. The van der Waals surface area contributed by atoms with Crippen LogP contribution in [0.1, 0.15) is 18.4 Å². The molecule has 0 radical (unpaired) electrons. The van der Waals surface area contributed by atoms with Gasteiger partial charge in [-0.2, -0.15) is 4.98 Å². The minimum Gasteiger partial charge on any atom is -0.496 e. The molecule has 1 aliphatic heterocycles. The number of ether oxygens (including phenoxy) is 1. The van der Waals surface area contributed by atoms with Crippen LogP contribution in [-0.2, 0) is 6.54 Å². The highest BCUT2D eigenvalue weighted by Crippen LogP contribution is 2.20. The molecule has 0 spiro atoms. The third-order valence-corrected chi connectivity index (χ3v) is 3.70. The van der Waals surface area contributed by atoms with E-state index >= 15 is 0 Å². The average Bonchev–Trinajstić information content (AvgIpc) is 3.08. The summed E-state index contributed by atoms with van der Waals surface area (Å²) >= 11 is 0. The second kappa shape index (κ2) is 6.43. The highest BCUT2D eigenvalue weighted by Gasteiger charge is 2.14. The van der Waals surface area contributed by atoms with Gasteiger partial charge in [0.25, 0.3) is 0 Å². The Morgan fingerprint density at radius 2 is 2.00 bits per heavy atom. The van der Waals surface area contributed by atoms with Crippen LogP contribution in [0.4, 0.5) is 11.8 Å². The lowest BCUT2D eigenvalue weighted by Crippen LogP contribution is -2.19. The average molecular weight is 284 g/mol. The summed E-state index contributed by atoms with van der Waals surface area (Å²) in [7, 11) is 1.68. The zero-order valence-electron chi connectivity index (χ0n) is 12.2. The number of hydrogen-bond acceptors (Lipinski definition) is 5. The summed E-state index contributed by atoms with van der Waals surface area (Å²) in [5.74, 6) is 2.54. The maximum Gasteiger partial charge on any atom is 0.224 e. The van der Waals surface area contributed by atoms with Gasteiger partial charge in [-0.1, -0.05) is 18.2 Å². The van der Waals surface area contributed by atoms with E-state index in [1.54, 1.807) is 7.11 Å². The molecule has 2 aromatic rings. The molecule has 1 aromatic carbocycles. The molecule has 1 N–H and O–H groups in total. The lowest BCUT2D eigenvalue weighted by atomic mass is 10.2. The molecule has 0 unspecified atom stereocenters. The van der Waals surface area contributed by atoms with Gasteiger partial charge in [-0.3, -0.25) is 0 Å². The first-order valence-corrected chi connectivity index (χ1v) is 7.30. The fraction of sp³-hybridized carbons (Fsp3) is 0.375. The van der Waals surface area contributed by atoms with Crippen molar-refractivity contribution in [3.8, 4) is 5.75 Å². The maximum absolute atomic E-state index is 5.35. The largest absolute Gasteiger partial charge is 0.496 e. The van der Waals surface area contributed by atoms with Gasteiger partial charge in [0.2, 0.25) is 5.95 Å². The summed E-state index contributed by atoms with van der Waals surface area (Å²) in [5, 5.41) is 3.27. The molecule has 5 nitrogen and oxygen atoms in total. The van der Waals surface area contributed by atoms with E-state index in [9.17, 15) is 0 Å². The molecular weight excluding hydrogens is 264 g/mol. The Labute approximate surface area is 125 Å². The summed E-state index contributed by atoms with van der Waals surface area (Å²) in [6.45, 7) is 2.82. The summed E-state index contributed by atoms with van der Waals surface area (Å²) in [6.07, 6.45) is 4.30. The quantitative estimate of drug-likeness (QED) is 0.915. The second-order valence-corrected chi connectivity index (χ2v) is 5.10. The van der Waals surface area contributed by atoms with Crippen LogP contribution in [0.3, 0.4) is 0 Å². The van der Waals surface area contributed by atoms with E-state index in [4.69, 9.17) is 4.74 Å². The molecule has 0 saturated carbocycles. The lowest BCUT2D eigenvalue weighted by molar-refractivity contribution is 0.410. The molecule has 1 fully saturated rings. The van der Waals surface area contributed by atoms with Crippen LogP contribution < -0.4 is 15.0 Å². The lowest BCUT2D eigenvalue weighted by Gasteiger charge is -2.16. The van der Waals surface area contributed by atoms with Gasteiger partial charge >= 0.3 is 0 Å². The maximum atomic E-state index is 5.35. The summed E-state index contributed by atoms with van der Waals surface area (Å²) in [4.78, 5) is 11.2. The van der Waals surface area contributed by atoms with Crippen LogP contribution in [-0.4, -0.2) is 30.2 Å². The third kappa shape index (κ3) is 3.24. The van der Waals surface area contributed by atoms with Crippen molar-refractivity contribution >= 4 is 11.8 Å². The van der Waals surface area contributed by atoms with Crippen LogP contribution in [0, 0.1) is 0 Å². The standard InChI is InChI=1S/C16H20N4O/c1-21-14-7-3-2-6-13(14)12-18-16-17-9-8-15(19-16)20-10-4-5-11-20/h2-3,6-9H,4-5,10-12H2,1H3,(H,17,18,19). The number of anilines is 2. The van der Waals surface area contributed by atoms with E-state index in [2.05, 4.69) is 20.2 Å². The molecule has 1 aromatic heterocycles. The topological polar surface area (TPSA) is 50.3 Å². The van der Waals surface area contributed by atoms with Gasteiger partial charge in [0.05, 0.1) is 7.11 Å². The normalized spacial score (nSPS) is 14.2. The number of nitrogens with one attached hydrogen (secondary N) is 1. The Bertz CT molecular complexity index is 596. The van der Waals surface area contributed by atoms with Gasteiger partial charge in [-0.15, -0.1) is 0 Å². The van der Waals surface area contributed by atoms with Gasteiger partial charge in [-0.05, 0) is 25.0 Å². The molecule has 0 amide bonds. The van der Waals surface area contributed by atoms with E-state index in [1.165, 1.54) is 12.8 Å². The van der Waals surface area contributed by atoms with Crippen molar-refractivity contribution in [2.24, 2.45) is 0 Å². The SMILES string of the molecule is COc1ccccc1CNc1nccc(N2CCCC2)n1. The monoisotopic (exact) mass is 284 g/mol. The van der Waals surface area contributed by atoms with E-state index in [1.807, 2.05) is 36.5 Å². The van der Waals surface area contributed by atoms with Crippen molar-refractivity contribution in [2.45, 2.75) is 19.4 Å². The van der Waals surface area contributed by atoms with Crippen LogP contribution >= 0.6 is 0 Å². The smallest absolute Gasteiger partial charge is 0.224 e. The fourth-order valence-corrected chi connectivity index (χ4v) is 2.58. The molecular formula is C16H20N4O. The van der Waals surface area contributed by atoms with Crippen LogP contribution in [0.15, 0.2) is 36.5 Å². The van der Waals surface area contributed by atoms with Crippen LogP contribution in [0.2, 0.25) is 0 Å². The predicted molar refractivity (Wildman–Crippen MR) is 83.8 cm³/mol. The van der Waals surface area contributed by atoms with Crippen molar-refractivity contribution in [1.82, 2.24) is 9.97 Å². The number of rotatable bonds is 5. The number of hydrogen-bond donors (Lipinski definition) is 1. The van der Waals surface area contributed by atoms with E-state index in [0.29, 0.717) is 12.5 Å². The molecule has 5 heteroatoms.